The second kappa shape index (κ2) is 3.59. The highest BCUT2D eigenvalue weighted by Gasteiger charge is 2.24. The van der Waals surface area contributed by atoms with Gasteiger partial charge in [-0.1, -0.05) is 32.9 Å². The Balaban J connectivity index is 2.40. The summed E-state index contributed by atoms with van der Waals surface area (Å²) < 4.78 is 0. The summed E-state index contributed by atoms with van der Waals surface area (Å²) in [6, 6.07) is 5.82. The highest BCUT2D eigenvalue weighted by Crippen LogP contribution is 2.29. The molecule has 1 atom stereocenters. The van der Waals surface area contributed by atoms with Crippen molar-refractivity contribution in [1.82, 2.24) is 0 Å². The van der Waals surface area contributed by atoms with Crippen molar-refractivity contribution >= 4 is 11.6 Å². The van der Waals surface area contributed by atoms with Crippen LogP contribution >= 0.6 is 0 Å². The Labute approximate surface area is 96.0 Å². The first kappa shape index (κ1) is 11.1. The van der Waals surface area contributed by atoms with Gasteiger partial charge in [-0.2, -0.15) is 0 Å². The predicted octanol–water partition coefficient (Wildman–Crippen LogP) is 1.81. The van der Waals surface area contributed by atoms with Crippen LogP contribution in [0.15, 0.2) is 18.2 Å². The van der Waals surface area contributed by atoms with E-state index in [2.05, 4.69) is 44.3 Å². The molecule has 0 saturated heterocycles. The molecule has 16 heavy (non-hydrogen) atoms. The van der Waals surface area contributed by atoms with Gasteiger partial charge in [0.05, 0.1) is 6.04 Å². The van der Waals surface area contributed by atoms with Gasteiger partial charge >= 0.3 is 0 Å². The van der Waals surface area contributed by atoms with Gasteiger partial charge in [-0.05, 0) is 29.0 Å². The molecule has 1 aliphatic heterocycles. The molecule has 3 nitrogen and oxygen atoms in total. The zero-order valence-electron chi connectivity index (χ0n) is 10.0. The summed E-state index contributed by atoms with van der Waals surface area (Å²) in [4.78, 5) is 11.5. The van der Waals surface area contributed by atoms with Crippen LogP contribution in [0.3, 0.4) is 0 Å². The van der Waals surface area contributed by atoms with Gasteiger partial charge in [-0.15, -0.1) is 0 Å². The predicted molar refractivity (Wildman–Crippen MR) is 65.5 cm³/mol. The standard InChI is InChI=1S/C13H18N2O/c1-13(2,3)9-5-4-8-6-10(14)12(16)15-11(8)7-9/h4-5,7,10H,6,14H2,1-3H3,(H,15,16). The maximum atomic E-state index is 11.5. The fourth-order valence-electron chi connectivity index (χ4n) is 1.89. The van der Waals surface area contributed by atoms with Gasteiger partial charge in [-0.3, -0.25) is 4.79 Å². The molecule has 86 valence electrons. The molecule has 1 aliphatic rings. The number of hydrogen-bond acceptors (Lipinski definition) is 2. The molecule has 2 rings (SSSR count). The Morgan fingerprint density at radius 2 is 2.06 bits per heavy atom. The molecule has 1 amide bonds. The van der Waals surface area contributed by atoms with E-state index >= 15 is 0 Å². The van der Waals surface area contributed by atoms with Gasteiger partial charge in [0.2, 0.25) is 5.91 Å². The van der Waals surface area contributed by atoms with E-state index in [1.165, 1.54) is 5.56 Å². The lowest BCUT2D eigenvalue weighted by Gasteiger charge is -2.25. The van der Waals surface area contributed by atoms with Crippen molar-refractivity contribution in [2.24, 2.45) is 5.73 Å². The largest absolute Gasteiger partial charge is 0.324 e. The first-order valence-corrected chi connectivity index (χ1v) is 5.58. The van der Waals surface area contributed by atoms with E-state index in [0.29, 0.717) is 6.42 Å². The van der Waals surface area contributed by atoms with Crippen molar-refractivity contribution in [1.29, 1.82) is 0 Å². The summed E-state index contributed by atoms with van der Waals surface area (Å²) in [6.07, 6.45) is 0.631. The van der Waals surface area contributed by atoms with Crippen LogP contribution < -0.4 is 11.1 Å². The molecular weight excluding hydrogens is 200 g/mol. The Morgan fingerprint density at radius 3 is 2.69 bits per heavy atom. The number of rotatable bonds is 0. The van der Waals surface area contributed by atoms with Gasteiger partial charge in [0.1, 0.15) is 0 Å². The Bertz CT molecular complexity index is 432. The minimum Gasteiger partial charge on any atom is -0.324 e. The third-order valence-electron chi connectivity index (χ3n) is 3.01. The zero-order valence-corrected chi connectivity index (χ0v) is 10.0. The van der Waals surface area contributed by atoms with E-state index in [9.17, 15) is 4.79 Å². The van der Waals surface area contributed by atoms with Gasteiger partial charge in [-0.25, -0.2) is 0 Å². The minimum atomic E-state index is -0.409. The molecule has 0 fully saturated rings. The van der Waals surface area contributed by atoms with Crippen molar-refractivity contribution in [3.05, 3.63) is 29.3 Å². The molecule has 0 spiro atoms. The summed E-state index contributed by atoms with van der Waals surface area (Å²) in [5.74, 6) is -0.0847. The van der Waals surface area contributed by atoms with Crippen molar-refractivity contribution < 1.29 is 4.79 Å². The maximum absolute atomic E-state index is 11.5. The van der Waals surface area contributed by atoms with Crippen LogP contribution in [0.4, 0.5) is 5.69 Å². The van der Waals surface area contributed by atoms with E-state index < -0.39 is 6.04 Å². The van der Waals surface area contributed by atoms with E-state index in [1.54, 1.807) is 0 Å². The van der Waals surface area contributed by atoms with Crippen LogP contribution in [0.1, 0.15) is 31.9 Å². The lowest BCUT2D eigenvalue weighted by molar-refractivity contribution is -0.117. The molecule has 1 heterocycles. The zero-order chi connectivity index (χ0) is 11.9. The van der Waals surface area contributed by atoms with Crippen LogP contribution in [0.25, 0.3) is 0 Å². The van der Waals surface area contributed by atoms with E-state index in [-0.39, 0.29) is 11.3 Å². The normalized spacial score (nSPS) is 20.2. The highest BCUT2D eigenvalue weighted by molar-refractivity contribution is 5.97. The number of benzene rings is 1. The first-order chi connectivity index (χ1) is 7.38. The summed E-state index contributed by atoms with van der Waals surface area (Å²) in [5, 5.41) is 2.86. The smallest absolute Gasteiger partial charge is 0.241 e. The maximum Gasteiger partial charge on any atom is 0.241 e. The number of amides is 1. The van der Waals surface area contributed by atoms with Crippen molar-refractivity contribution in [2.75, 3.05) is 5.32 Å². The Morgan fingerprint density at radius 1 is 1.38 bits per heavy atom. The van der Waals surface area contributed by atoms with E-state index in [4.69, 9.17) is 5.73 Å². The fraction of sp³-hybridized carbons (Fsp3) is 0.462. The Hall–Kier alpha value is -1.35. The third kappa shape index (κ3) is 1.95. The average molecular weight is 218 g/mol. The van der Waals surface area contributed by atoms with Crippen LogP contribution in [0, 0.1) is 0 Å². The number of carbonyl (C=O) groups excluding carboxylic acids is 1. The van der Waals surface area contributed by atoms with Gasteiger partial charge < -0.3 is 11.1 Å². The molecule has 0 radical (unpaired) electrons. The summed E-state index contributed by atoms with van der Waals surface area (Å²) in [5.41, 5.74) is 9.07. The van der Waals surface area contributed by atoms with Crippen LogP contribution in [0.2, 0.25) is 0 Å². The first-order valence-electron chi connectivity index (χ1n) is 5.58. The second-order valence-corrected chi connectivity index (χ2v) is 5.42. The number of nitrogens with two attached hydrogens (primary N) is 1. The highest BCUT2D eigenvalue weighted by atomic mass is 16.2. The molecule has 3 heteroatoms. The number of carbonyl (C=O) groups is 1. The molecular formula is C13H18N2O. The topological polar surface area (TPSA) is 55.1 Å². The lowest BCUT2D eigenvalue weighted by Crippen LogP contribution is -2.41. The third-order valence-corrected chi connectivity index (χ3v) is 3.01. The van der Waals surface area contributed by atoms with Crippen LogP contribution in [-0.4, -0.2) is 11.9 Å². The van der Waals surface area contributed by atoms with Crippen molar-refractivity contribution in [3.8, 4) is 0 Å². The van der Waals surface area contributed by atoms with Crippen molar-refractivity contribution in [2.45, 2.75) is 38.6 Å². The minimum absolute atomic E-state index is 0.0847. The second-order valence-electron chi connectivity index (χ2n) is 5.42. The van der Waals surface area contributed by atoms with Crippen molar-refractivity contribution in [3.63, 3.8) is 0 Å². The fourth-order valence-corrected chi connectivity index (χ4v) is 1.89. The number of nitrogens with one attached hydrogen (secondary N) is 1. The number of hydrogen-bond donors (Lipinski definition) is 2. The average Bonchev–Trinajstić information content (AvgIpc) is 2.17. The van der Waals surface area contributed by atoms with Gasteiger partial charge in [0, 0.05) is 5.69 Å². The molecule has 1 aromatic rings. The number of anilines is 1. The van der Waals surface area contributed by atoms with Gasteiger partial charge in [0.15, 0.2) is 0 Å². The quantitative estimate of drug-likeness (QED) is 0.697. The monoisotopic (exact) mass is 218 g/mol. The number of fused-ring (bicyclic) bond motifs is 1. The Kier molecular flexibility index (Phi) is 2.50. The molecule has 0 bridgehead atoms. The molecule has 0 saturated carbocycles. The lowest BCUT2D eigenvalue weighted by atomic mass is 9.85. The summed E-state index contributed by atoms with van der Waals surface area (Å²) in [6.45, 7) is 6.47. The summed E-state index contributed by atoms with van der Waals surface area (Å²) in [7, 11) is 0. The van der Waals surface area contributed by atoms with Crippen LogP contribution in [0.5, 0.6) is 0 Å². The summed E-state index contributed by atoms with van der Waals surface area (Å²) >= 11 is 0. The molecule has 1 aromatic carbocycles. The molecule has 0 aliphatic carbocycles. The van der Waals surface area contributed by atoms with Crippen LogP contribution in [-0.2, 0) is 16.6 Å². The molecule has 0 aromatic heterocycles. The SMILES string of the molecule is CC(C)(C)c1ccc2c(c1)NC(=O)C(N)C2. The van der Waals surface area contributed by atoms with E-state index in [0.717, 1.165) is 11.3 Å². The molecule has 3 N–H and O–H groups in total. The van der Waals surface area contributed by atoms with Gasteiger partial charge in [0.25, 0.3) is 0 Å². The van der Waals surface area contributed by atoms with E-state index in [1.807, 2.05) is 0 Å². The molecule has 1 unspecified atom stereocenters.